The van der Waals surface area contributed by atoms with E-state index in [2.05, 4.69) is 5.32 Å². The van der Waals surface area contributed by atoms with Gasteiger partial charge in [0.15, 0.2) is 6.10 Å². The minimum absolute atomic E-state index is 0.219. The first kappa shape index (κ1) is 30.4. The van der Waals surface area contributed by atoms with Crippen LogP contribution < -0.4 is 14.8 Å². The highest BCUT2D eigenvalue weighted by atomic mass is 19.1. The summed E-state index contributed by atoms with van der Waals surface area (Å²) >= 11 is 0. The molecule has 0 bridgehead atoms. The highest BCUT2D eigenvalue weighted by Crippen LogP contribution is 2.17. The lowest BCUT2D eigenvalue weighted by molar-refractivity contribution is -0.149. The van der Waals surface area contributed by atoms with Crippen molar-refractivity contribution in [2.45, 2.75) is 39.2 Å². The van der Waals surface area contributed by atoms with Gasteiger partial charge in [0.2, 0.25) is 0 Å². The number of aliphatic carboxylic acids is 1. The van der Waals surface area contributed by atoms with Crippen LogP contribution >= 0.6 is 0 Å². The number of ether oxygens (including phenoxy) is 3. The van der Waals surface area contributed by atoms with E-state index in [0.29, 0.717) is 50.6 Å². The molecule has 0 saturated heterocycles. The van der Waals surface area contributed by atoms with E-state index in [1.807, 2.05) is 43.3 Å². The van der Waals surface area contributed by atoms with Crippen LogP contribution in [0.1, 0.15) is 30.9 Å². The molecule has 0 aliphatic heterocycles. The Morgan fingerprint density at radius 1 is 0.900 bits per heavy atom. The van der Waals surface area contributed by atoms with Crippen molar-refractivity contribution in [3.8, 4) is 11.5 Å². The summed E-state index contributed by atoms with van der Waals surface area (Å²) < 4.78 is 29.9. The number of carbonyl (C=O) groups excluding carboxylic acids is 1. The number of hydrogen-bond donors (Lipinski definition) is 2. The summed E-state index contributed by atoms with van der Waals surface area (Å²) in [7, 11) is 0. The van der Waals surface area contributed by atoms with E-state index in [1.165, 1.54) is 12.1 Å². The molecule has 3 aromatic carbocycles. The van der Waals surface area contributed by atoms with Crippen LogP contribution in [0.2, 0.25) is 0 Å². The topological polar surface area (TPSA) is 97.3 Å². The van der Waals surface area contributed by atoms with Crippen LogP contribution in [0.25, 0.3) is 0 Å². The molecular formula is C31H37FN2O6. The van der Waals surface area contributed by atoms with Gasteiger partial charge in [-0.15, -0.1) is 0 Å². The van der Waals surface area contributed by atoms with Gasteiger partial charge in [0.1, 0.15) is 23.9 Å². The number of carboxylic acid groups (broad SMARTS) is 1. The smallest absolute Gasteiger partial charge is 0.333 e. The molecule has 9 heteroatoms. The molecule has 2 N–H and O–H groups in total. The summed E-state index contributed by atoms with van der Waals surface area (Å²) in [6, 6.07) is 20.5. The van der Waals surface area contributed by atoms with Gasteiger partial charge >= 0.3 is 12.0 Å². The first-order valence-corrected chi connectivity index (χ1v) is 13.4. The van der Waals surface area contributed by atoms with E-state index in [-0.39, 0.29) is 24.9 Å². The van der Waals surface area contributed by atoms with Crippen LogP contribution in [0, 0.1) is 12.7 Å². The lowest BCUT2D eigenvalue weighted by atomic mass is 10.1. The van der Waals surface area contributed by atoms with Gasteiger partial charge in [-0.3, -0.25) is 0 Å². The summed E-state index contributed by atoms with van der Waals surface area (Å²) in [5.74, 6) is -0.0761. The summed E-state index contributed by atoms with van der Waals surface area (Å²) in [4.78, 5) is 26.2. The van der Waals surface area contributed by atoms with E-state index >= 15 is 0 Å². The summed E-state index contributed by atoms with van der Waals surface area (Å²) in [5.41, 5.74) is 2.55. The maximum atomic E-state index is 13.1. The molecule has 1 unspecified atom stereocenters. The Bertz CT molecular complexity index is 1200. The van der Waals surface area contributed by atoms with E-state index in [4.69, 9.17) is 14.2 Å². The predicted molar refractivity (Wildman–Crippen MR) is 152 cm³/mol. The van der Waals surface area contributed by atoms with Gasteiger partial charge in [-0.05, 0) is 80.3 Å². The zero-order valence-corrected chi connectivity index (χ0v) is 23.0. The summed E-state index contributed by atoms with van der Waals surface area (Å²) in [5, 5.41) is 12.3. The Kier molecular flexibility index (Phi) is 12.2. The zero-order chi connectivity index (χ0) is 28.7. The average molecular weight is 553 g/mol. The van der Waals surface area contributed by atoms with Gasteiger partial charge in [-0.2, -0.15) is 0 Å². The second-order valence-electron chi connectivity index (χ2n) is 9.22. The normalized spacial score (nSPS) is 11.5. The first-order valence-electron chi connectivity index (χ1n) is 13.4. The van der Waals surface area contributed by atoms with Gasteiger partial charge < -0.3 is 29.5 Å². The lowest BCUT2D eigenvalue weighted by Gasteiger charge is -2.24. The van der Waals surface area contributed by atoms with Crippen LogP contribution in [-0.4, -0.2) is 61.0 Å². The molecule has 1 atom stereocenters. The van der Waals surface area contributed by atoms with Gasteiger partial charge in [-0.25, -0.2) is 14.0 Å². The van der Waals surface area contributed by atoms with Crippen LogP contribution in [-0.2, 0) is 16.0 Å². The van der Waals surface area contributed by atoms with E-state index in [9.17, 15) is 19.1 Å². The maximum absolute atomic E-state index is 13.1. The molecule has 3 rings (SSSR count). The maximum Gasteiger partial charge on any atom is 0.333 e. The third kappa shape index (κ3) is 10.2. The summed E-state index contributed by atoms with van der Waals surface area (Å²) in [6.45, 7) is 5.63. The van der Waals surface area contributed by atoms with Crippen molar-refractivity contribution in [3.63, 3.8) is 0 Å². The molecule has 0 aliphatic carbocycles. The quantitative estimate of drug-likeness (QED) is 0.214. The first-order chi connectivity index (χ1) is 19.4. The van der Waals surface area contributed by atoms with Crippen molar-refractivity contribution < 1.29 is 33.3 Å². The van der Waals surface area contributed by atoms with E-state index < -0.39 is 12.1 Å². The van der Waals surface area contributed by atoms with Crippen molar-refractivity contribution in [2.75, 3.05) is 38.2 Å². The van der Waals surface area contributed by atoms with Crippen LogP contribution in [0.5, 0.6) is 11.5 Å². The minimum atomic E-state index is -0.992. The minimum Gasteiger partial charge on any atom is -0.494 e. The predicted octanol–water partition coefficient (Wildman–Crippen LogP) is 5.94. The average Bonchev–Trinajstić information content (AvgIpc) is 2.94. The highest BCUT2D eigenvalue weighted by Gasteiger charge is 2.18. The van der Waals surface area contributed by atoms with Gasteiger partial charge in [0.05, 0.1) is 13.2 Å². The van der Waals surface area contributed by atoms with Gasteiger partial charge in [0.25, 0.3) is 0 Å². The fourth-order valence-electron chi connectivity index (χ4n) is 3.98. The number of hydrogen-bond acceptors (Lipinski definition) is 5. The molecule has 214 valence electrons. The number of carbonyl (C=O) groups is 2. The molecule has 0 heterocycles. The monoisotopic (exact) mass is 552 g/mol. The van der Waals surface area contributed by atoms with Crippen molar-refractivity contribution >= 4 is 17.7 Å². The fourth-order valence-corrected chi connectivity index (χ4v) is 3.98. The third-order valence-electron chi connectivity index (χ3n) is 6.20. The number of unbranched alkanes of at least 4 members (excludes halogenated alkanes) is 1. The molecule has 40 heavy (non-hydrogen) atoms. The van der Waals surface area contributed by atoms with Crippen molar-refractivity contribution in [1.29, 1.82) is 0 Å². The standard InChI is InChI=1S/C31H37FN2O6/c1-3-38-29(30(35)36)22-24-10-14-26(15-11-24)40-21-19-34(31(37)33-28-9-5-4-8-23(28)2)18-6-7-20-39-27-16-12-25(32)13-17-27/h4-5,8-17,29H,3,6-7,18-22H2,1-2H3,(H,33,37)(H,35,36). The van der Waals surface area contributed by atoms with Crippen molar-refractivity contribution in [1.82, 2.24) is 4.90 Å². The molecule has 3 aromatic rings. The Balaban J connectivity index is 1.52. The number of amides is 2. The van der Waals surface area contributed by atoms with E-state index in [0.717, 1.165) is 16.8 Å². The second kappa shape index (κ2) is 16.1. The lowest BCUT2D eigenvalue weighted by Crippen LogP contribution is -2.38. The van der Waals surface area contributed by atoms with Gasteiger partial charge in [0, 0.05) is 25.3 Å². The number of anilines is 1. The Morgan fingerprint density at radius 2 is 1.55 bits per heavy atom. The molecule has 0 fully saturated rings. The number of nitrogens with one attached hydrogen (secondary N) is 1. The Labute approximate surface area is 234 Å². The van der Waals surface area contributed by atoms with Crippen molar-refractivity contribution in [3.05, 3.63) is 89.7 Å². The third-order valence-corrected chi connectivity index (χ3v) is 6.20. The number of rotatable bonds is 16. The molecule has 0 radical (unpaired) electrons. The number of carboxylic acids is 1. The second-order valence-corrected chi connectivity index (χ2v) is 9.22. The Hall–Kier alpha value is -4.11. The number of para-hydroxylation sites is 1. The van der Waals surface area contributed by atoms with E-state index in [1.54, 1.807) is 36.1 Å². The molecule has 8 nitrogen and oxygen atoms in total. The zero-order valence-electron chi connectivity index (χ0n) is 23.0. The molecule has 0 aliphatic rings. The molecule has 0 spiro atoms. The number of nitrogens with zero attached hydrogens (tertiary/aromatic N) is 1. The Morgan fingerprint density at radius 3 is 2.20 bits per heavy atom. The number of benzene rings is 3. The molecular weight excluding hydrogens is 515 g/mol. The van der Waals surface area contributed by atoms with Crippen molar-refractivity contribution in [2.24, 2.45) is 0 Å². The molecule has 0 aromatic heterocycles. The number of aryl methyl sites for hydroxylation is 1. The summed E-state index contributed by atoms with van der Waals surface area (Å²) in [6.07, 6.45) is 0.800. The van der Waals surface area contributed by atoms with Crippen LogP contribution in [0.3, 0.4) is 0 Å². The van der Waals surface area contributed by atoms with Crippen LogP contribution in [0.15, 0.2) is 72.8 Å². The highest BCUT2D eigenvalue weighted by molar-refractivity contribution is 5.90. The van der Waals surface area contributed by atoms with Crippen LogP contribution in [0.4, 0.5) is 14.9 Å². The molecule has 2 amide bonds. The van der Waals surface area contributed by atoms with Gasteiger partial charge in [-0.1, -0.05) is 30.3 Å². The largest absolute Gasteiger partial charge is 0.494 e. The molecule has 0 saturated carbocycles. The fraction of sp³-hybridized carbons (Fsp3) is 0.355. The SMILES string of the molecule is CCOC(Cc1ccc(OCCN(CCCCOc2ccc(F)cc2)C(=O)Nc2ccccc2C)cc1)C(=O)O. The number of urea groups is 1. The number of halogens is 1.